The molecular formula is C15H18N2O. The zero-order valence-electron chi connectivity index (χ0n) is 10.6. The summed E-state index contributed by atoms with van der Waals surface area (Å²) in [6.07, 6.45) is 5.27. The largest absolute Gasteiger partial charge is 0.508 e. The molecule has 0 bridgehead atoms. The fourth-order valence-electron chi connectivity index (χ4n) is 2.61. The molecule has 1 aliphatic heterocycles. The van der Waals surface area contributed by atoms with E-state index in [9.17, 15) is 5.11 Å². The molecule has 1 unspecified atom stereocenters. The van der Waals surface area contributed by atoms with Gasteiger partial charge in [0, 0.05) is 24.9 Å². The first kappa shape index (κ1) is 11.3. The molecular weight excluding hydrogens is 224 g/mol. The van der Waals surface area contributed by atoms with Crippen molar-refractivity contribution < 1.29 is 5.11 Å². The molecule has 18 heavy (non-hydrogen) atoms. The number of aryl methyl sites for hydroxylation is 1. The highest BCUT2D eigenvalue weighted by Crippen LogP contribution is 2.22. The fraction of sp³-hybridized carbons (Fsp3) is 0.400. The number of aromatic nitrogens is 2. The van der Waals surface area contributed by atoms with Crippen LogP contribution in [0.5, 0.6) is 5.75 Å². The number of phenolic OH excluding ortho intramolecular Hbond substituents is 1. The van der Waals surface area contributed by atoms with E-state index < -0.39 is 0 Å². The molecule has 0 saturated heterocycles. The quantitative estimate of drug-likeness (QED) is 0.879. The van der Waals surface area contributed by atoms with Crippen LogP contribution >= 0.6 is 0 Å². The Bertz CT molecular complexity index is 542. The number of nitrogens with zero attached hydrogens (tertiary/aromatic N) is 2. The first-order valence-corrected chi connectivity index (χ1v) is 6.53. The zero-order valence-corrected chi connectivity index (χ0v) is 10.6. The summed E-state index contributed by atoms with van der Waals surface area (Å²) in [5, 5.41) is 9.29. The third-order valence-electron chi connectivity index (χ3n) is 3.71. The molecule has 94 valence electrons. The van der Waals surface area contributed by atoms with E-state index in [0.717, 1.165) is 31.1 Å². The highest BCUT2D eigenvalue weighted by molar-refractivity contribution is 5.28. The fourth-order valence-corrected chi connectivity index (χ4v) is 2.61. The number of hydrogen-bond donors (Lipinski definition) is 1. The zero-order chi connectivity index (χ0) is 12.5. The first-order chi connectivity index (χ1) is 8.72. The van der Waals surface area contributed by atoms with Crippen LogP contribution in [0.1, 0.15) is 30.4 Å². The average Bonchev–Trinajstić information content (AvgIpc) is 2.75. The smallest absolute Gasteiger partial charge is 0.115 e. The van der Waals surface area contributed by atoms with Crippen LogP contribution in [0, 0.1) is 5.92 Å². The van der Waals surface area contributed by atoms with Gasteiger partial charge in [0.25, 0.3) is 0 Å². The summed E-state index contributed by atoms with van der Waals surface area (Å²) in [6.45, 7) is 3.38. The topological polar surface area (TPSA) is 38.1 Å². The average molecular weight is 242 g/mol. The normalized spacial score (nSPS) is 18.6. The highest BCUT2D eigenvalue weighted by Gasteiger charge is 2.18. The van der Waals surface area contributed by atoms with Crippen LogP contribution in [-0.4, -0.2) is 14.7 Å². The molecule has 3 nitrogen and oxygen atoms in total. The maximum absolute atomic E-state index is 9.29. The van der Waals surface area contributed by atoms with Gasteiger partial charge in [0.15, 0.2) is 0 Å². The van der Waals surface area contributed by atoms with Crippen LogP contribution in [0.25, 0.3) is 0 Å². The van der Waals surface area contributed by atoms with E-state index in [4.69, 9.17) is 0 Å². The van der Waals surface area contributed by atoms with Crippen LogP contribution in [0.3, 0.4) is 0 Å². The van der Waals surface area contributed by atoms with Crippen LogP contribution in [-0.2, 0) is 19.4 Å². The molecule has 1 atom stereocenters. The molecule has 0 aliphatic carbocycles. The third kappa shape index (κ3) is 2.13. The predicted molar refractivity (Wildman–Crippen MR) is 70.6 cm³/mol. The number of phenols is 1. The second kappa shape index (κ2) is 4.48. The van der Waals surface area contributed by atoms with Gasteiger partial charge in [-0.1, -0.05) is 19.1 Å². The number of fused-ring (bicyclic) bond motifs is 1. The van der Waals surface area contributed by atoms with Gasteiger partial charge < -0.3 is 9.67 Å². The van der Waals surface area contributed by atoms with Crippen molar-refractivity contribution in [2.24, 2.45) is 5.92 Å². The van der Waals surface area contributed by atoms with Crippen molar-refractivity contribution in [3.8, 4) is 5.75 Å². The van der Waals surface area contributed by atoms with Crippen molar-refractivity contribution in [1.82, 2.24) is 9.55 Å². The van der Waals surface area contributed by atoms with Gasteiger partial charge in [0.1, 0.15) is 11.6 Å². The Morgan fingerprint density at radius 2 is 2.11 bits per heavy atom. The van der Waals surface area contributed by atoms with E-state index in [0.29, 0.717) is 5.75 Å². The van der Waals surface area contributed by atoms with Gasteiger partial charge in [-0.15, -0.1) is 0 Å². The van der Waals surface area contributed by atoms with Crippen molar-refractivity contribution in [2.45, 2.75) is 32.7 Å². The molecule has 1 aromatic heterocycles. The van der Waals surface area contributed by atoms with Gasteiger partial charge in [0.2, 0.25) is 0 Å². The Hall–Kier alpha value is -1.77. The molecule has 3 heteroatoms. The van der Waals surface area contributed by atoms with E-state index in [-0.39, 0.29) is 0 Å². The van der Waals surface area contributed by atoms with Crippen LogP contribution in [0.15, 0.2) is 30.5 Å². The minimum Gasteiger partial charge on any atom is -0.508 e. The molecule has 1 aliphatic rings. The van der Waals surface area contributed by atoms with Gasteiger partial charge in [0.05, 0.1) is 0 Å². The molecule has 2 aromatic rings. The molecule has 0 saturated carbocycles. The van der Waals surface area contributed by atoms with Gasteiger partial charge in [-0.25, -0.2) is 4.98 Å². The SMILES string of the molecule is CC1CCc2cnc(Cc3ccc(O)cc3)n2C1. The summed E-state index contributed by atoms with van der Waals surface area (Å²) in [4.78, 5) is 4.55. The van der Waals surface area contributed by atoms with E-state index in [1.54, 1.807) is 12.1 Å². The molecule has 1 N–H and O–H groups in total. The molecule has 0 spiro atoms. The Labute approximate surface area is 107 Å². The Morgan fingerprint density at radius 1 is 1.33 bits per heavy atom. The van der Waals surface area contributed by atoms with Gasteiger partial charge in [-0.3, -0.25) is 0 Å². The lowest BCUT2D eigenvalue weighted by atomic mass is 10.00. The summed E-state index contributed by atoms with van der Waals surface area (Å²) in [6, 6.07) is 7.39. The number of benzene rings is 1. The number of imidazole rings is 1. The highest BCUT2D eigenvalue weighted by atomic mass is 16.3. The molecule has 3 rings (SSSR count). The van der Waals surface area contributed by atoms with Gasteiger partial charge in [-0.05, 0) is 36.5 Å². The number of hydrogen-bond acceptors (Lipinski definition) is 2. The number of aromatic hydroxyl groups is 1. The van der Waals surface area contributed by atoms with E-state index in [2.05, 4.69) is 16.5 Å². The third-order valence-corrected chi connectivity index (χ3v) is 3.71. The summed E-state index contributed by atoms with van der Waals surface area (Å²) in [5.41, 5.74) is 2.56. The number of rotatable bonds is 2. The maximum atomic E-state index is 9.29. The summed E-state index contributed by atoms with van der Waals surface area (Å²) in [5.74, 6) is 2.20. The molecule has 0 fully saturated rings. The van der Waals surface area contributed by atoms with Gasteiger partial charge in [-0.2, -0.15) is 0 Å². The van der Waals surface area contributed by atoms with Crippen molar-refractivity contribution in [2.75, 3.05) is 0 Å². The van der Waals surface area contributed by atoms with Gasteiger partial charge >= 0.3 is 0 Å². The lowest BCUT2D eigenvalue weighted by molar-refractivity contribution is 0.392. The van der Waals surface area contributed by atoms with Crippen molar-refractivity contribution in [3.05, 3.63) is 47.5 Å². The lowest BCUT2D eigenvalue weighted by Gasteiger charge is -2.22. The second-order valence-corrected chi connectivity index (χ2v) is 5.26. The molecule has 2 heterocycles. The summed E-state index contributed by atoms with van der Waals surface area (Å²) >= 11 is 0. The standard InChI is InChI=1S/C15H18N2O/c1-11-2-5-13-9-16-15(17(13)10-11)8-12-3-6-14(18)7-4-12/h3-4,6-7,9,11,18H,2,5,8,10H2,1H3. The monoisotopic (exact) mass is 242 g/mol. The predicted octanol–water partition coefficient (Wildman–Crippen LogP) is 2.76. The van der Waals surface area contributed by atoms with Crippen LogP contribution in [0.2, 0.25) is 0 Å². The lowest BCUT2D eigenvalue weighted by Crippen LogP contribution is -2.19. The Morgan fingerprint density at radius 3 is 2.89 bits per heavy atom. The second-order valence-electron chi connectivity index (χ2n) is 5.26. The van der Waals surface area contributed by atoms with E-state index >= 15 is 0 Å². The van der Waals surface area contributed by atoms with E-state index in [1.807, 2.05) is 18.3 Å². The molecule has 0 amide bonds. The summed E-state index contributed by atoms with van der Waals surface area (Å²) in [7, 11) is 0. The maximum Gasteiger partial charge on any atom is 0.115 e. The van der Waals surface area contributed by atoms with Crippen molar-refractivity contribution >= 4 is 0 Å². The molecule has 1 aromatic carbocycles. The van der Waals surface area contributed by atoms with Crippen LogP contribution < -0.4 is 0 Å². The van der Waals surface area contributed by atoms with Crippen molar-refractivity contribution in [1.29, 1.82) is 0 Å². The first-order valence-electron chi connectivity index (χ1n) is 6.53. The van der Waals surface area contributed by atoms with E-state index in [1.165, 1.54) is 17.7 Å². The minimum absolute atomic E-state index is 0.317. The summed E-state index contributed by atoms with van der Waals surface area (Å²) < 4.78 is 2.36. The Balaban J connectivity index is 1.85. The molecule has 0 radical (unpaired) electrons. The minimum atomic E-state index is 0.317. The van der Waals surface area contributed by atoms with Crippen molar-refractivity contribution in [3.63, 3.8) is 0 Å². The van der Waals surface area contributed by atoms with Crippen LogP contribution in [0.4, 0.5) is 0 Å². The Kier molecular flexibility index (Phi) is 2.82.